The lowest BCUT2D eigenvalue weighted by atomic mass is 9.74. The molecule has 0 aliphatic carbocycles. The summed E-state index contributed by atoms with van der Waals surface area (Å²) in [5, 5.41) is 12.1. The van der Waals surface area contributed by atoms with Crippen LogP contribution in [0.2, 0.25) is 0 Å². The molecule has 0 aromatic carbocycles. The summed E-state index contributed by atoms with van der Waals surface area (Å²) in [6.45, 7) is 12.6. The second-order valence-electron chi connectivity index (χ2n) is 6.71. The molecule has 0 aromatic heterocycles. The van der Waals surface area contributed by atoms with E-state index in [0.717, 1.165) is 6.42 Å². The second kappa shape index (κ2) is 5.39. The maximum absolute atomic E-state index is 12.3. The van der Waals surface area contributed by atoms with E-state index in [0.29, 0.717) is 0 Å². The number of nitrogens with zero attached hydrogens (tertiary/aromatic N) is 1. The molecule has 0 fully saturated rings. The normalized spacial score (nSPS) is 13.1. The molecule has 2 amide bonds. The van der Waals surface area contributed by atoms with E-state index in [1.807, 2.05) is 20.8 Å². The molecule has 0 radical (unpaired) electrons. The molecule has 0 aliphatic heterocycles. The van der Waals surface area contributed by atoms with Crippen molar-refractivity contribution in [3.8, 4) is 0 Å². The molecule has 5 nitrogen and oxygen atoms in total. The van der Waals surface area contributed by atoms with Crippen LogP contribution in [0.5, 0.6) is 0 Å². The molecule has 5 heteroatoms. The molecule has 0 saturated carbocycles. The van der Waals surface area contributed by atoms with Crippen molar-refractivity contribution in [2.75, 3.05) is 7.05 Å². The Morgan fingerprint density at radius 3 is 1.84 bits per heavy atom. The Morgan fingerprint density at radius 1 is 1.11 bits per heavy atom. The topological polar surface area (TPSA) is 69.6 Å². The molecule has 0 heterocycles. The third-order valence-electron chi connectivity index (χ3n) is 4.59. The highest BCUT2D eigenvalue weighted by Crippen LogP contribution is 2.31. The van der Waals surface area contributed by atoms with Gasteiger partial charge in [0, 0.05) is 12.6 Å². The van der Waals surface area contributed by atoms with Crippen LogP contribution in [0.4, 0.5) is 4.79 Å². The van der Waals surface area contributed by atoms with E-state index in [1.165, 1.54) is 0 Å². The maximum Gasteiger partial charge on any atom is 0.318 e. The molecule has 0 bridgehead atoms. The molecule has 19 heavy (non-hydrogen) atoms. The largest absolute Gasteiger partial charge is 0.481 e. The zero-order chi connectivity index (χ0) is 15.6. The summed E-state index contributed by atoms with van der Waals surface area (Å²) in [6.07, 6.45) is 0.819. The van der Waals surface area contributed by atoms with E-state index in [1.54, 1.807) is 39.6 Å². The number of aliphatic carboxylic acids is 1. The number of nitrogens with one attached hydrogen (secondary N) is 1. The van der Waals surface area contributed by atoms with E-state index < -0.39 is 16.9 Å². The fourth-order valence-corrected chi connectivity index (χ4v) is 1.29. The first-order valence-corrected chi connectivity index (χ1v) is 6.59. The minimum Gasteiger partial charge on any atom is -0.481 e. The van der Waals surface area contributed by atoms with E-state index in [-0.39, 0.29) is 11.6 Å². The van der Waals surface area contributed by atoms with Gasteiger partial charge in [-0.15, -0.1) is 0 Å². The van der Waals surface area contributed by atoms with Crippen LogP contribution in [0.1, 0.15) is 54.9 Å². The van der Waals surface area contributed by atoms with Crippen LogP contribution < -0.4 is 5.32 Å². The summed E-state index contributed by atoms with van der Waals surface area (Å²) in [5.41, 5.74) is -2.18. The van der Waals surface area contributed by atoms with Crippen molar-refractivity contribution < 1.29 is 14.7 Å². The quantitative estimate of drug-likeness (QED) is 0.808. The van der Waals surface area contributed by atoms with Gasteiger partial charge in [-0.1, -0.05) is 6.92 Å². The second-order valence-corrected chi connectivity index (χ2v) is 6.71. The van der Waals surface area contributed by atoms with E-state index in [4.69, 9.17) is 0 Å². The minimum absolute atomic E-state index is 0.258. The Balaban J connectivity index is 5.06. The van der Waals surface area contributed by atoms with Crippen LogP contribution in [-0.2, 0) is 4.79 Å². The van der Waals surface area contributed by atoms with Crippen LogP contribution in [-0.4, -0.2) is 40.1 Å². The molecule has 0 atom stereocenters. The van der Waals surface area contributed by atoms with Crippen molar-refractivity contribution >= 4 is 12.0 Å². The first-order chi connectivity index (χ1) is 8.29. The SMILES string of the molecule is CCC(C)(C)N(C)C(=O)NC(C)(C)C(C)(C)C(=O)O. The van der Waals surface area contributed by atoms with Gasteiger partial charge in [-0.25, -0.2) is 4.79 Å². The predicted octanol–water partition coefficient (Wildman–Crippen LogP) is 2.71. The summed E-state index contributed by atoms with van der Waals surface area (Å²) in [4.78, 5) is 25.2. The van der Waals surface area contributed by atoms with Crippen molar-refractivity contribution in [1.29, 1.82) is 0 Å². The van der Waals surface area contributed by atoms with Gasteiger partial charge in [0.15, 0.2) is 0 Å². The van der Waals surface area contributed by atoms with Gasteiger partial charge in [-0.2, -0.15) is 0 Å². The Hall–Kier alpha value is -1.26. The summed E-state index contributed by atoms with van der Waals surface area (Å²) in [7, 11) is 1.72. The van der Waals surface area contributed by atoms with Crippen LogP contribution in [0.3, 0.4) is 0 Å². The van der Waals surface area contributed by atoms with Gasteiger partial charge in [0.25, 0.3) is 0 Å². The molecule has 0 spiro atoms. The Kier molecular flexibility index (Phi) is 5.03. The third kappa shape index (κ3) is 3.61. The van der Waals surface area contributed by atoms with Gasteiger partial charge in [0.05, 0.1) is 11.0 Å². The fourth-order valence-electron chi connectivity index (χ4n) is 1.29. The number of rotatable bonds is 5. The van der Waals surface area contributed by atoms with Gasteiger partial charge in [-0.05, 0) is 48.0 Å². The zero-order valence-corrected chi connectivity index (χ0v) is 13.4. The molecule has 0 aromatic rings. The molecule has 0 saturated heterocycles. The van der Waals surface area contributed by atoms with Crippen LogP contribution in [0, 0.1) is 5.41 Å². The predicted molar refractivity (Wildman–Crippen MR) is 76.2 cm³/mol. The van der Waals surface area contributed by atoms with Gasteiger partial charge in [0.1, 0.15) is 0 Å². The van der Waals surface area contributed by atoms with Crippen LogP contribution in [0.25, 0.3) is 0 Å². The summed E-state index contributed by atoms with van der Waals surface area (Å²) < 4.78 is 0. The van der Waals surface area contributed by atoms with Crippen molar-refractivity contribution in [3.63, 3.8) is 0 Å². The highest BCUT2D eigenvalue weighted by atomic mass is 16.4. The number of hydrogen-bond donors (Lipinski definition) is 2. The fraction of sp³-hybridized carbons (Fsp3) is 0.857. The molecular weight excluding hydrogens is 244 g/mol. The van der Waals surface area contributed by atoms with Crippen molar-refractivity contribution in [2.24, 2.45) is 5.41 Å². The molecular formula is C14H28N2O3. The van der Waals surface area contributed by atoms with Crippen LogP contribution >= 0.6 is 0 Å². The number of amides is 2. The monoisotopic (exact) mass is 272 g/mol. The standard InChI is InChI=1S/C14H28N2O3/c1-9-12(2,3)16(8)11(19)15-14(6,7)13(4,5)10(17)18/h9H2,1-8H3,(H,15,19)(H,17,18). The Labute approximate surface area is 116 Å². The lowest BCUT2D eigenvalue weighted by molar-refractivity contribution is -0.150. The first-order valence-electron chi connectivity index (χ1n) is 6.59. The lowest BCUT2D eigenvalue weighted by Gasteiger charge is -2.42. The van der Waals surface area contributed by atoms with Gasteiger partial charge in [0.2, 0.25) is 0 Å². The molecule has 0 aliphatic rings. The molecule has 112 valence electrons. The number of carboxylic acid groups (broad SMARTS) is 1. The van der Waals surface area contributed by atoms with Crippen molar-refractivity contribution in [3.05, 3.63) is 0 Å². The molecule has 0 rings (SSSR count). The summed E-state index contributed by atoms with van der Waals surface area (Å²) in [6, 6.07) is -0.258. The minimum atomic E-state index is -1.06. The van der Waals surface area contributed by atoms with Crippen molar-refractivity contribution in [2.45, 2.75) is 66.0 Å². The smallest absolute Gasteiger partial charge is 0.318 e. The molecule has 0 unspecified atom stereocenters. The van der Waals surface area contributed by atoms with E-state index in [2.05, 4.69) is 5.32 Å². The van der Waals surface area contributed by atoms with Gasteiger partial charge in [-0.3, -0.25) is 4.79 Å². The average molecular weight is 272 g/mol. The summed E-state index contributed by atoms with van der Waals surface area (Å²) >= 11 is 0. The number of carboxylic acids is 1. The van der Waals surface area contributed by atoms with Gasteiger partial charge < -0.3 is 15.3 Å². The average Bonchev–Trinajstić information content (AvgIpc) is 2.26. The zero-order valence-electron chi connectivity index (χ0n) is 13.4. The van der Waals surface area contributed by atoms with E-state index in [9.17, 15) is 14.7 Å². The number of hydrogen-bond acceptors (Lipinski definition) is 2. The maximum atomic E-state index is 12.3. The number of carbonyl (C=O) groups excluding carboxylic acids is 1. The third-order valence-corrected chi connectivity index (χ3v) is 4.59. The number of carbonyl (C=O) groups is 2. The Morgan fingerprint density at radius 2 is 1.53 bits per heavy atom. The molecule has 2 N–H and O–H groups in total. The Bertz CT molecular complexity index is 360. The van der Waals surface area contributed by atoms with Crippen LogP contribution in [0.15, 0.2) is 0 Å². The van der Waals surface area contributed by atoms with Gasteiger partial charge >= 0.3 is 12.0 Å². The van der Waals surface area contributed by atoms with E-state index >= 15 is 0 Å². The highest BCUT2D eigenvalue weighted by molar-refractivity contribution is 5.80. The lowest BCUT2D eigenvalue weighted by Crippen LogP contribution is -2.61. The highest BCUT2D eigenvalue weighted by Gasteiger charge is 2.45. The number of urea groups is 1. The summed E-state index contributed by atoms with van der Waals surface area (Å²) in [5.74, 6) is -0.935. The first kappa shape index (κ1) is 17.7. The van der Waals surface area contributed by atoms with Crippen molar-refractivity contribution in [1.82, 2.24) is 10.2 Å².